The first-order valence-corrected chi connectivity index (χ1v) is 4.47. The van der Waals surface area contributed by atoms with Crippen LogP contribution in [0.4, 0.5) is 5.69 Å². The minimum absolute atomic E-state index is 0.275. The molecule has 1 atom stereocenters. The Labute approximate surface area is 78.6 Å². The standard InChI is InChI=1S/C11H14N2/c1-8(2)11-7-9-5-3-4-6-10(9)13(11)12/h3-6,11H,1,7,12H2,2H3. The van der Waals surface area contributed by atoms with E-state index in [2.05, 4.69) is 18.7 Å². The number of rotatable bonds is 1. The van der Waals surface area contributed by atoms with Crippen molar-refractivity contribution in [1.29, 1.82) is 0 Å². The first kappa shape index (κ1) is 8.32. The Kier molecular flexibility index (Phi) is 1.85. The van der Waals surface area contributed by atoms with Gasteiger partial charge in [0.05, 0.1) is 11.7 Å². The van der Waals surface area contributed by atoms with E-state index in [0.717, 1.165) is 17.7 Å². The second-order valence-corrected chi connectivity index (χ2v) is 3.60. The molecule has 1 aromatic rings. The maximum Gasteiger partial charge on any atom is 0.0697 e. The molecule has 2 N–H and O–H groups in total. The van der Waals surface area contributed by atoms with Crippen molar-refractivity contribution < 1.29 is 0 Å². The molecular weight excluding hydrogens is 160 g/mol. The number of benzene rings is 1. The Hall–Kier alpha value is -1.28. The van der Waals surface area contributed by atoms with Gasteiger partial charge in [-0.25, -0.2) is 5.84 Å². The van der Waals surface area contributed by atoms with Gasteiger partial charge in [-0.05, 0) is 18.6 Å². The van der Waals surface area contributed by atoms with Gasteiger partial charge in [0.25, 0.3) is 0 Å². The van der Waals surface area contributed by atoms with Crippen molar-refractivity contribution in [3.8, 4) is 0 Å². The van der Waals surface area contributed by atoms with Crippen molar-refractivity contribution in [2.75, 3.05) is 5.01 Å². The monoisotopic (exact) mass is 174 g/mol. The van der Waals surface area contributed by atoms with Gasteiger partial charge >= 0.3 is 0 Å². The van der Waals surface area contributed by atoms with Crippen LogP contribution in [-0.2, 0) is 6.42 Å². The summed E-state index contributed by atoms with van der Waals surface area (Å²) in [5.74, 6) is 5.96. The Balaban J connectivity index is 2.38. The van der Waals surface area contributed by atoms with E-state index in [0.29, 0.717) is 0 Å². The lowest BCUT2D eigenvalue weighted by Gasteiger charge is -2.21. The summed E-state index contributed by atoms with van der Waals surface area (Å²) in [5.41, 5.74) is 3.58. The molecule has 0 amide bonds. The fourth-order valence-electron chi connectivity index (χ4n) is 1.82. The summed E-state index contributed by atoms with van der Waals surface area (Å²) >= 11 is 0. The van der Waals surface area contributed by atoms with Crippen LogP contribution in [0.25, 0.3) is 0 Å². The molecule has 13 heavy (non-hydrogen) atoms. The van der Waals surface area contributed by atoms with E-state index in [1.54, 1.807) is 0 Å². The largest absolute Gasteiger partial charge is 0.303 e. The molecule has 2 nitrogen and oxygen atoms in total. The SMILES string of the molecule is C=C(C)C1Cc2ccccc2N1N. The van der Waals surface area contributed by atoms with Crippen LogP contribution >= 0.6 is 0 Å². The zero-order valence-electron chi connectivity index (χ0n) is 7.83. The fourth-order valence-corrected chi connectivity index (χ4v) is 1.82. The molecule has 1 unspecified atom stereocenters. The summed E-state index contributed by atoms with van der Waals surface area (Å²) in [4.78, 5) is 0. The average Bonchev–Trinajstić information content (AvgIpc) is 2.45. The number of hydrogen-bond acceptors (Lipinski definition) is 2. The molecule has 68 valence electrons. The number of hydrogen-bond donors (Lipinski definition) is 1. The van der Waals surface area contributed by atoms with Gasteiger partial charge in [0, 0.05) is 6.42 Å². The van der Waals surface area contributed by atoms with E-state index in [4.69, 9.17) is 5.84 Å². The lowest BCUT2D eigenvalue weighted by molar-refractivity contribution is 0.723. The highest BCUT2D eigenvalue weighted by atomic mass is 15.4. The smallest absolute Gasteiger partial charge is 0.0697 e. The number of nitrogens with two attached hydrogens (primary N) is 1. The van der Waals surface area contributed by atoms with E-state index in [-0.39, 0.29) is 6.04 Å². The summed E-state index contributed by atoms with van der Waals surface area (Å²) in [6.07, 6.45) is 0.988. The third-order valence-electron chi connectivity index (χ3n) is 2.59. The quantitative estimate of drug-likeness (QED) is 0.520. The van der Waals surface area contributed by atoms with Gasteiger partial charge in [0.15, 0.2) is 0 Å². The number of para-hydroxylation sites is 1. The Bertz CT molecular complexity index is 344. The number of fused-ring (bicyclic) bond motifs is 1. The zero-order chi connectivity index (χ0) is 9.42. The predicted octanol–water partition coefficient (Wildman–Crippen LogP) is 1.87. The van der Waals surface area contributed by atoms with Crippen LogP contribution in [0.2, 0.25) is 0 Å². The topological polar surface area (TPSA) is 29.3 Å². The van der Waals surface area contributed by atoms with E-state index >= 15 is 0 Å². The maximum atomic E-state index is 5.96. The molecule has 1 aliphatic heterocycles. The van der Waals surface area contributed by atoms with Crippen LogP contribution < -0.4 is 10.9 Å². The highest BCUT2D eigenvalue weighted by Gasteiger charge is 2.26. The normalized spacial score (nSPS) is 20.2. The molecule has 1 aromatic carbocycles. The molecule has 2 rings (SSSR count). The third kappa shape index (κ3) is 1.23. The summed E-state index contributed by atoms with van der Waals surface area (Å²) < 4.78 is 0. The molecule has 0 spiro atoms. The van der Waals surface area contributed by atoms with Crippen LogP contribution in [0.1, 0.15) is 12.5 Å². The van der Waals surface area contributed by atoms with Gasteiger partial charge < -0.3 is 5.01 Å². The molecule has 1 aliphatic rings. The van der Waals surface area contributed by atoms with Crippen molar-refractivity contribution >= 4 is 5.69 Å². The van der Waals surface area contributed by atoms with Gasteiger partial charge in [-0.1, -0.05) is 30.4 Å². The Morgan fingerprint density at radius 1 is 1.54 bits per heavy atom. The molecule has 0 saturated carbocycles. The second-order valence-electron chi connectivity index (χ2n) is 3.60. The molecule has 0 fully saturated rings. The highest BCUT2D eigenvalue weighted by Crippen LogP contribution is 2.31. The molecule has 1 heterocycles. The van der Waals surface area contributed by atoms with Crippen molar-refractivity contribution in [1.82, 2.24) is 0 Å². The first-order valence-electron chi connectivity index (χ1n) is 4.47. The summed E-state index contributed by atoms with van der Waals surface area (Å²) in [7, 11) is 0. The molecule has 0 aliphatic carbocycles. The van der Waals surface area contributed by atoms with E-state index in [1.165, 1.54) is 5.56 Å². The molecule has 2 heteroatoms. The van der Waals surface area contributed by atoms with Gasteiger partial charge in [0.2, 0.25) is 0 Å². The second kappa shape index (κ2) is 2.89. The zero-order valence-corrected chi connectivity index (χ0v) is 7.83. The summed E-state index contributed by atoms with van der Waals surface area (Å²) in [6, 6.07) is 8.51. The molecular formula is C11H14N2. The van der Waals surface area contributed by atoms with Crippen LogP contribution in [0, 0.1) is 0 Å². The number of anilines is 1. The van der Waals surface area contributed by atoms with E-state index in [1.807, 2.05) is 24.1 Å². The predicted molar refractivity (Wildman–Crippen MR) is 55.4 cm³/mol. The lowest BCUT2D eigenvalue weighted by Crippen LogP contribution is -2.38. The minimum Gasteiger partial charge on any atom is -0.303 e. The summed E-state index contributed by atoms with van der Waals surface area (Å²) in [6.45, 7) is 5.97. The maximum absolute atomic E-state index is 5.96. The minimum atomic E-state index is 0.275. The number of nitrogens with zero attached hydrogens (tertiary/aromatic N) is 1. The Morgan fingerprint density at radius 2 is 2.23 bits per heavy atom. The van der Waals surface area contributed by atoms with Crippen LogP contribution in [0.15, 0.2) is 36.4 Å². The molecule has 0 aromatic heterocycles. The van der Waals surface area contributed by atoms with E-state index in [9.17, 15) is 0 Å². The van der Waals surface area contributed by atoms with Gasteiger partial charge in [0.1, 0.15) is 0 Å². The summed E-state index contributed by atoms with van der Waals surface area (Å²) in [5, 5.41) is 1.82. The average molecular weight is 174 g/mol. The third-order valence-corrected chi connectivity index (χ3v) is 2.59. The van der Waals surface area contributed by atoms with Crippen molar-refractivity contribution in [2.24, 2.45) is 5.84 Å². The lowest BCUT2D eigenvalue weighted by atomic mass is 10.1. The fraction of sp³-hybridized carbons (Fsp3) is 0.273. The molecule has 0 bridgehead atoms. The van der Waals surface area contributed by atoms with Crippen LogP contribution in [0.3, 0.4) is 0 Å². The first-order chi connectivity index (χ1) is 6.20. The van der Waals surface area contributed by atoms with Gasteiger partial charge in [-0.3, -0.25) is 0 Å². The van der Waals surface area contributed by atoms with Crippen LogP contribution in [0.5, 0.6) is 0 Å². The van der Waals surface area contributed by atoms with Crippen LogP contribution in [-0.4, -0.2) is 6.04 Å². The number of hydrazine groups is 1. The van der Waals surface area contributed by atoms with Gasteiger partial charge in [-0.2, -0.15) is 0 Å². The highest BCUT2D eigenvalue weighted by molar-refractivity contribution is 5.59. The molecule has 0 saturated heterocycles. The Morgan fingerprint density at radius 3 is 2.85 bits per heavy atom. The van der Waals surface area contributed by atoms with E-state index < -0.39 is 0 Å². The van der Waals surface area contributed by atoms with Crippen molar-refractivity contribution in [3.05, 3.63) is 42.0 Å². The molecule has 0 radical (unpaired) electrons. The van der Waals surface area contributed by atoms with Crippen molar-refractivity contribution in [2.45, 2.75) is 19.4 Å². The van der Waals surface area contributed by atoms with Crippen molar-refractivity contribution in [3.63, 3.8) is 0 Å². The van der Waals surface area contributed by atoms with Gasteiger partial charge in [-0.15, -0.1) is 0 Å².